The van der Waals surface area contributed by atoms with Crippen LogP contribution in [0, 0.1) is 0 Å². The molecule has 0 radical (unpaired) electrons. The molecule has 1 heterocycles. The molecule has 0 bridgehead atoms. The van der Waals surface area contributed by atoms with Crippen molar-refractivity contribution < 1.29 is 0 Å². The Balaban J connectivity index is 0.816. The van der Waals surface area contributed by atoms with Crippen LogP contribution in [-0.4, -0.2) is 9.97 Å². The summed E-state index contributed by atoms with van der Waals surface area (Å²) in [7, 11) is 0. The molecule has 0 amide bonds. The zero-order valence-corrected chi connectivity index (χ0v) is 40.8. The maximum absolute atomic E-state index is 4.91. The molecule has 2 aliphatic carbocycles. The molecular weight excluding hydrogens is 869 g/mol. The van der Waals surface area contributed by atoms with E-state index in [1.54, 1.807) is 12.4 Å². The summed E-state index contributed by atoms with van der Waals surface area (Å²) >= 11 is 0. The third-order valence-electron chi connectivity index (χ3n) is 16.2. The molecule has 0 aliphatic heterocycles. The van der Waals surface area contributed by atoms with Crippen molar-refractivity contribution in [2.24, 2.45) is 0 Å². The van der Waals surface area contributed by atoms with E-state index in [4.69, 9.17) is 9.97 Å². The molecule has 0 spiro atoms. The Labute approximate surface area is 421 Å². The average Bonchev–Trinajstić information content (AvgIpc) is 3.81. The van der Waals surface area contributed by atoms with Gasteiger partial charge in [-0.2, -0.15) is 0 Å². The zero-order valence-electron chi connectivity index (χ0n) is 40.8. The summed E-state index contributed by atoms with van der Waals surface area (Å²) in [6.45, 7) is 9.36. The Kier molecular flexibility index (Phi) is 9.32. The Hall–Kier alpha value is -8.72. The minimum absolute atomic E-state index is 0.0122. The van der Waals surface area contributed by atoms with Gasteiger partial charge in [-0.05, 0) is 171 Å². The fraction of sp³-hybridized carbons (Fsp3) is 0.0857. The molecule has 2 aliphatic rings. The average molecular weight is 919 g/mol. The van der Waals surface area contributed by atoms with E-state index >= 15 is 0 Å². The second kappa shape index (κ2) is 15.9. The number of hydrogen-bond acceptors (Lipinski definition) is 2. The van der Waals surface area contributed by atoms with E-state index in [0.717, 1.165) is 43.7 Å². The molecule has 72 heavy (non-hydrogen) atoms. The molecule has 0 unspecified atom stereocenters. The fourth-order valence-electron chi connectivity index (χ4n) is 12.4. The monoisotopic (exact) mass is 918 g/mol. The van der Waals surface area contributed by atoms with E-state index in [9.17, 15) is 0 Å². The quantitative estimate of drug-likeness (QED) is 0.155. The van der Waals surface area contributed by atoms with Crippen LogP contribution in [0.2, 0.25) is 0 Å². The van der Waals surface area contributed by atoms with Crippen LogP contribution >= 0.6 is 0 Å². The van der Waals surface area contributed by atoms with Crippen molar-refractivity contribution in [3.63, 3.8) is 0 Å². The summed E-state index contributed by atoms with van der Waals surface area (Å²) in [6.07, 6.45) is 3.61. The highest BCUT2D eigenvalue weighted by atomic mass is 14.8. The number of benzene rings is 11. The lowest BCUT2D eigenvalue weighted by Gasteiger charge is -2.21. The number of nitrogens with zero attached hydrogens (tertiary/aromatic N) is 2. The Morgan fingerprint density at radius 3 is 0.889 bits per heavy atom. The molecule has 0 atom stereocenters. The first-order valence-corrected chi connectivity index (χ1v) is 25.2. The second-order valence-electron chi connectivity index (χ2n) is 21.0. The van der Waals surface area contributed by atoms with Crippen LogP contribution in [0.3, 0.4) is 0 Å². The normalized spacial score (nSPS) is 13.8. The summed E-state index contributed by atoms with van der Waals surface area (Å²) in [5, 5.41) is 4.52. The lowest BCUT2D eigenvalue weighted by molar-refractivity contribution is 0.660. The van der Waals surface area contributed by atoms with Gasteiger partial charge in [-0.25, -0.2) is 0 Å². The minimum atomic E-state index is -0.0122. The van der Waals surface area contributed by atoms with Crippen molar-refractivity contribution in [1.29, 1.82) is 0 Å². The molecule has 2 nitrogen and oxygen atoms in total. The van der Waals surface area contributed by atoms with Gasteiger partial charge in [0.15, 0.2) is 0 Å². The van der Waals surface area contributed by atoms with Gasteiger partial charge >= 0.3 is 0 Å². The Morgan fingerprint density at radius 2 is 0.528 bits per heavy atom. The van der Waals surface area contributed by atoms with E-state index in [2.05, 4.69) is 246 Å². The summed E-state index contributed by atoms with van der Waals surface area (Å²) in [5.74, 6) is 0. The van der Waals surface area contributed by atoms with Crippen molar-refractivity contribution in [2.75, 3.05) is 0 Å². The highest BCUT2D eigenvalue weighted by Gasteiger charge is 2.36. The van der Waals surface area contributed by atoms with Crippen LogP contribution in [0.15, 0.2) is 231 Å². The van der Waals surface area contributed by atoms with Crippen LogP contribution < -0.4 is 0 Å². The van der Waals surface area contributed by atoms with Gasteiger partial charge in [0.05, 0.1) is 11.0 Å². The van der Waals surface area contributed by atoms with Crippen molar-refractivity contribution >= 4 is 32.6 Å². The first kappa shape index (κ1) is 42.2. The van der Waals surface area contributed by atoms with Gasteiger partial charge in [0.1, 0.15) is 0 Å². The Bertz CT molecular complexity index is 3950. The first-order valence-electron chi connectivity index (χ1n) is 25.2. The zero-order chi connectivity index (χ0) is 48.3. The van der Waals surface area contributed by atoms with Gasteiger partial charge in [0, 0.05) is 34.0 Å². The predicted octanol–water partition coefficient (Wildman–Crippen LogP) is 18.6. The van der Waals surface area contributed by atoms with E-state index in [0.29, 0.717) is 0 Å². The molecule has 1 aromatic heterocycles. The molecule has 0 fully saturated rings. The summed E-state index contributed by atoms with van der Waals surface area (Å²) < 4.78 is 0. The molecular formula is C70H50N2. The molecule has 11 aromatic carbocycles. The van der Waals surface area contributed by atoms with E-state index in [1.165, 1.54) is 100 Å². The highest BCUT2D eigenvalue weighted by Crippen LogP contribution is 2.51. The van der Waals surface area contributed by atoms with Crippen LogP contribution in [0.25, 0.3) is 122 Å². The molecule has 14 rings (SSSR count). The lowest BCUT2D eigenvalue weighted by Crippen LogP contribution is -2.14. The van der Waals surface area contributed by atoms with E-state index in [-0.39, 0.29) is 10.8 Å². The fourth-order valence-corrected chi connectivity index (χ4v) is 12.4. The topological polar surface area (TPSA) is 25.8 Å². The summed E-state index contributed by atoms with van der Waals surface area (Å²) in [6, 6.07) is 81.4. The SMILES string of the molecule is CC1(C)c2ccccc2-c2cc(-c3cccc(-c4cccc(-c5ccc6c(c5)c5cc(-c7cccc(-c8cccc(-c9ccc%10c(c9)-c9ccccc9C%10(C)C)c8)c7)ccc5c5nccnc65)c4)c3)ccc21. The minimum Gasteiger partial charge on any atom is -0.252 e. The highest BCUT2D eigenvalue weighted by molar-refractivity contribution is 6.24. The van der Waals surface area contributed by atoms with Crippen LogP contribution in [0.5, 0.6) is 0 Å². The first-order chi connectivity index (χ1) is 35.2. The maximum atomic E-state index is 4.91. The van der Waals surface area contributed by atoms with Gasteiger partial charge in [0.2, 0.25) is 0 Å². The van der Waals surface area contributed by atoms with Gasteiger partial charge < -0.3 is 0 Å². The van der Waals surface area contributed by atoms with Gasteiger partial charge in [0.25, 0.3) is 0 Å². The number of hydrogen-bond donors (Lipinski definition) is 0. The van der Waals surface area contributed by atoms with Gasteiger partial charge in [-0.15, -0.1) is 0 Å². The lowest BCUT2D eigenvalue weighted by atomic mass is 9.82. The van der Waals surface area contributed by atoms with Gasteiger partial charge in [-0.1, -0.05) is 198 Å². The molecule has 340 valence electrons. The molecule has 12 aromatic rings. The smallest absolute Gasteiger partial charge is 0.0971 e. The van der Waals surface area contributed by atoms with E-state index < -0.39 is 0 Å². The molecule has 0 N–H and O–H groups in total. The maximum Gasteiger partial charge on any atom is 0.0971 e. The van der Waals surface area contributed by atoms with Gasteiger partial charge in [-0.3, -0.25) is 9.97 Å². The molecule has 0 saturated heterocycles. The number of rotatable bonds is 6. The van der Waals surface area contributed by atoms with Crippen molar-refractivity contribution in [2.45, 2.75) is 38.5 Å². The van der Waals surface area contributed by atoms with Crippen molar-refractivity contribution in [3.05, 3.63) is 253 Å². The van der Waals surface area contributed by atoms with Crippen molar-refractivity contribution in [3.8, 4) is 89.0 Å². The molecule has 2 heteroatoms. The standard InChI is InChI=1S/C70H50N2/c1-69(2)63-23-7-5-21-55(63)61-41-53(27-31-65(61)69)49-19-11-15-45(37-49)43-13-9-17-47(35-43)51-25-29-57-59(39-51)60-40-52(26-30-58(60)68-67(57)71-33-34-72-68)48-18-10-14-44(36-48)46-16-12-20-50(38-46)54-28-32-66-62(42-54)56-22-6-8-24-64(56)70(66,3)4/h5-42H,1-4H3. The second-order valence-corrected chi connectivity index (χ2v) is 21.0. The third-order valence-corrected chi connectivity index (χ3v) is 16.2. The number of fused-ring (bicyclic) bond motifs is 12. The Morgan fingerprint density at radius 1 is 0.236 bits per heavy atom. The van der Waals surface area contributed by atoms with Crippen LogP contribution in [0.1, 0.15) is 49.9 Å². The molecule has 0 saturated carbocycles. The summed E-state index contributed by atoms with van der Waals surface area (Å²) in [5.41, 5.74) is 27.1. The third kappa shape index (κ3) is 6.56. The van der Waals surface area contributed by atoms with Crippen LogP contribution in [0.4, 0.5) is 0 Å². The van der Waals surface area contributed by atoms with E-state index in [1.807, 2.05) is 0 Å². The largest absolute Gasteiger partial charge is 0.252 e. The van der Waals surface area contributed by atoms with Crippen molar-refractivity contribution in [1.82, 2.24) is 9.97 Å². The summed E-state index contributed by atoms with van der Waals surface area (Å²) in [4.78, 5) is 9.82. The van der Waals surface area contributed by atoms with Crippen LogP contribution in [-0.2, 0) is 10.8 Å². The number of aromatic nitrogens is 2. The predicted molar refractivity (Wildman–Crippen MR) is 302 cm³/mol.